The molecule has 1 aromatic heterocycles. The lowest BCUT2D eigenvalue weighted by atomic mass is 10.2. The SMILES string of the molecule is O=C(O)c1cc(N2CC=CC2)ncc1Cl. The van der Waals surface area contributed by atoms with E-state index in [1.165, 1.54) is 12.3 Å². The smallest absolute Gasteiger partial charge is 0.337 e. The zero-order valence-corrected chi connectivity index (χ0v) is 8.61. The number of carboxylic acid groups (broad SMARTS) is 1. The second kappa shape index (κ2) is 3.90. The number of halogens is 1. The van der Waals surface area contributed by atoms with Crippen molar-refractivity contribution in [2.75, 3.05) is 18.0 Å². The van der Waals surface area contributed by atoms with E-state index in [0.717, 1.165) is 13.1 Å². The van der Waals surface area contributed by atoms with Gasteiger partial charge >= 0.3 is 5.97 Å². The van der Waals surface area contributed by atoms with E-state index >= 15 is 0 Å². The average Bonchev–Trinajstić information content (AvgIpc) is 2.71. The van der Waals surface area contributed by atoms with Crippen molar-refractivity contribution in [1.82, 2.24) is 4.98 Å². The Bertz CT molecular complexity index is 423. The highest BCUT2D eigenvalue weighted by molar-refractivity contribution is 6.33. The van der Waals surface area contributed by atoms with Crippen LogP contribution in [0.15, 0.2) is 24.4 Å². The van der Waals surface area contributed by atoms with Crippen LogP contribution < -0.4 is 4.90 Å². The number of hydrogen-bond donors (Lipinski definition) is 1. The zero-order valence-electron chi connectivity index (χ0n) is 7.85. The molecule has 2 heterocycles. The second-order valence-corrected chi connectivity index (χ2v) is 3.61. The van der Waals surface area contributed by atoms with Crippen molar-refractivity contribution in [2.45, 2.75) is 0 Å². The van der Waals surface area contributed by atoms with Gasteiger partial charge in [0.15, 0.2) is 0 Å². The molecule has 0 radical (unpaired) electrons. The summed E-state index contributed by atoms with van der Waals surface area (Å²) in [5.41, 5.74) is 0.0913. The average molecular weight is 225 g/mol. The molecular weight excluding hydrogens is 216 g/mol. The Labute approximate surface area is 91.8 Å². The van der Waals surface area contributed by atoms with E-state index in [4.69, 9.17) is 16.7 Å². The summed E-state index contributed by atoms with van der Waals surface area (Å²) in [5, 5.41) is 9.05. The minimum Gasteiger partial charge on any atom is -0.478 e. The molecule has 0 spiro atoms. The molecule has 0 atom stereocenters. The normalized spacial score (nSPS) is 14.6. The molecule has 2 rings (SSSR count). The predicted octanol–water partition coefficient (Wildman–Crippen LogP) is 1.81. The number of anilines is 1. The molecule has 1 aromatic rings. The Morgan fingerprint density at radius 1 is 1.47 bits per heavy atom. The maximum atomic E-state index is 10.8. The monoisotopic (exact) mass is 224 g/mol. The van der Waals surface area contributed by atoms with Crippen molar-refractivity contribution < 1.29 is 9.90 Å². The highest BCUT2D eigenvalue weighted by atomic mass is 35.5. The summed E-state index contributed by atoms with van der Waals surface area (Å²) < 4.78 is 0. The van der Waals surface area contributed by atoms with Crippen LogP contribution in [0.3, 0.4) is 0 Å². The van der Waals surface area contributed by atoms with Gasteiger partial charge in [0.25, 0.3) is 0 Å². The van der Waals surface area contributed by atoms with Crippen LogP contribution in [0.25, 0.3) is 0 Å². The first-order valence-electron chi connectivity index (χ1n) is 4.47. The van der Waals surface area contributed by atoms with E-state index < -0.39 is 5.97 Å². The van der Waals surface area contributed by atoms with Gasteiger partial charge in [0, 0.05) is 19.3 Å². The van der Waals surface area contributed by atoms with Gasteiger partial charge in [-0.2, -0.15) is 0 Å². The highest BCUT2D eigenvalue weighted by Crippen LogP contribution is 2.21. The summed E-state index contributed by atoms with van der Waals surface area (Å²) in [4.78, 5) is 16.9. The van der Waals surface area contributed by atoms with E-state index in [-0.39, 0.29) is 10.6 Å². The molecule has 15 heavy (non-hydrogen) atoms. The number of aromatic carboxylic acids is 1. The molecule has 1 aliphatic heterocycles. The van der Waals surface area contributed by atoms with E-state index in [2.05, 4.69) is 4.98 Å². The minimum absolute atomic E-state index is 0.0913. The first-order valence-corrected chi connectivity index (χ1v) is 4.85. The topological polar surface area (TPSA) is 53.4 Å². The molecule has 0 fully saturated rings. The second-order valence-electron chi connectivity index (χ2n) is 3.20. The van der Waals surface area contributed by atoms with Crippen LogP contribution >= 0.6 is 11.6 Å². The van der Waals surface area contributed by atoms with Gasteiger partial charge in [-0.1, -0.05) is 23.8 Å². The highest BCUT2D eigenvalue weighted by Gasteiger charge is 2.14. The summed E-state index contributed by atoms with van der Waals surface area (Å²) in [7, 11) is 0. The molecule has 5 heteroatoms. The fourth-order valence-electron chi connectivity index (χ4n) is 1.43. The standard InChI is InChI=1S/C10H9ClN2O2/c11-8-6-12-9(5-7(8)10(14)15)13-3-1-2-4-13/h1-2,5-6H,3-4H2,(H,14,15). The Morgan fingerprint density at radius 2 is 2.13 bits per heavy atom. The summed E-state index contributed by atoms with van der Waals surface area (Å²) in [5.74, 6) is -0.391. The molecule has 1 N–H and O–H groups in total. The zero-order chi connectivity index (χ0) is 10.8. The lowest BCUT2D eigenvalue weighted by Gasteiger charge is -2.16. The fourth-order valence-corrected chi connectivity index (χ4v) is 1.61. The molecular formula is C10H9ClN2O2. The van der Waals surface area contributed by atoms with E-state index in [9.17, 15) is 4.79 Å². The van der Waals surface area contributed by atoms with Crippen molar-refractivity contribution >= 4 is 23.4 Å². The molecule has 0 saturated carbocycles. The maximum Gasteiger partial charge on any atom is 0.337 e. The fraction of sp³-hybridized carbons (Fsp3) is 0.200. The van der Waals surface area contributed by atoms with Gasteiger partial charge in [-0.15, -0.1) is 0 Å². The molecule has 0 amide bonds. The van der Waals surface area contributed by atoms with Crippen molar-refractivity contribution in [2.24, 2.45) is 0 Å². The summed E-state index contributed by atoms with van der Waals surface area (Å²) >= 11 is 5.72. The lowest BCUT2D eigenvalue weighted by molar-refractivity contribution is 0.0697. The van der Waals surface area contributed by atoms with Crippen LogP contribution in [0.1, 0.15) is 10.4 Å². The number of hydrogen-bond acceptors (Lipinski definition) is 3. The van der Waals surface area contributed by atoms with Crippen LogP contribution in [-0.2, 0) is 0 Å². The third-order valence-electron chi connectivity index (χ3n) is 2.21. The van der Waals surface area contributed by atoms with Gasteiger partial charge < -0.3 is 10.0 Å². The molecule has 0 aliphatic carbocycles. The molecule has 0 aromatic carbocycles. The van der Waals surface area contributed by atoms with Gasteiger partial charge in [0.2, 0.25) is 0 Å². The molecule has 4 nitrogen and oxygen atoms in total. The Morgan fingerprint density at radius 3 is 2.73 bits per heavy atom. The summed E-state index contributed by atoms with van der Waals surface area (Å²) in [6, 6.07) is 1.50. The number of pyridine rings is 1. The first-order chi connectivity index (χ1) is 7.18. The third kappa shape index (κ3) is 1.94. The Balaban J connectivity index is 2.33. The number of carboxylic acids is 1. The van der Waals surface area contributed by atoms with Crippen LogP contribution in [0.4, 0.5) is 5.82 Å². The van der Waals surface area contributed by atoms with Gasteiger partial charge in [-0.3, -0.25) is 0 Å². The van der Waals surface area contributed by atoms with Crippen molar-refractivity contribution in [1.29, 1.82) is 0 Å². The quantitative estimate of drug-likeness (QED) is 0.779. The van der Waals surface area contributed by atoms with Crippen molar-refractivity contribution in [3.05, 3.63) is 35.0 Å². The first kappa shape index (κ1) is 9.98. The van der Waals surface area contributed by atoms with E-state index in [0.29, 0.717) is 5.82 Å². The number of nitrogens with zero attached hydrogens (tertiary/aromatic N) is 2. The molecule has 0 saturated heterocycles. The predicted molar refractivity (Wildman–Crippen MR) is 57.6 cm³/mol. The lowest BCUT2D eigenvalue weighted by Crippen LogP contribution is -2.20. The van der Waals surface area contributed by atoms with Crippen LogP contribution in [0.5, 0.6) is 0 Å². The van der Waals surface area contributed by atoms with Crippen LogP contribution in [0, 0.1) is 0 Å². The molecule has 0 bridgehead atoms. The molecule has 78 valence electrons. The number of aromatic nitrogens is 1. The van der Waals surface area contributed by atoms with Crippen LogP contribution in [0.2, 0.25) is 5.02 Å². The van der Waals surface area contributed by atoms with E-state index in [1.54, 1.807) is 0 Å². The number of carbonyl (C=O) groups is 1. The number of rotatable bonds is 2. The molecule has 1 aliphatic rings. The van der Waals surface area contributed by atoms with Gasteiger partial charge in [0.05, 0.1) is 10.6 Å². The molecule has 0 unspecified atom stereocenters. The summed E-state index contributed by atoms with van der Waals surface area (Å²) in [6.07, 6.45) is 5.39. The van der Waals surface area contributed by atoms with Gasteiger partial charge in [-0.05, 0) is 6.07 Å². The van der Waals surface area contributed by atoms with E-state index in [1.807, 2.05) is 17.1 Å². The maximum absolute atomic E-state index is 10.8. The Hall–Kier alpha value is -1.55. The van der Waals surface area contributed by atoms with Gasteiger partial charge in [0.1, 0.15) is 5.82 Å². The summed E-state index contributed by atoms with van der Waals surface area (Å²) in [6.45, 7) is 1.52. The largest absolute Gasteiger partial charge is 0.478 e. The van der Waals surface area contributed by atoms with Crippen molar-refractivity contribution in [3.8, 4) is 0 Å². The van der Waals surface area contributed by atoms with Crippen LogP contribution in [-0.4, -0.2) is 29.1 Å². The van der Waals surface area contributed by atoms with Crippen molar-refractivity contribution in [3.63, 3.8) is 0 Å². The third-order valence-corrected chi connectivity index (χ3v) is 2.51. The van der Waals surface area contributed by atoms with Gasteiger partial charge in [-0.25, -0.2) is 9.78 Å². The minimum atomic E-state index is -1.03. The Kier molecular flexibility index (Phi) is 2.60.